The molecule has 0 bridgehead atoms. The topological polar surface area (TPSA) is 9.23 Å². The summed E-state index contributed by atoms with van der Waals surface area (Å²) < 4.78 is 45.3. The third-order valence-corrected chi connectivity index (χ3v) is 3.48. The highest BCUT2D eigenvalue weighted by atomic mass is 19.2. The molecule has 0 unspecified atom stereocenters. The van der Waals surface area contributed by atoms with Gasteiger partial charge in [-0.15, -0.1) is 6.58 Å². The maximum Gasteiger partial charge on any atom is 0.201 e. The molecule has 1 nitrogen and oxygen atoms in total. The van der Waals surface area contributed by atoms with E-state index >= 15 is 0 Å². The number of alkyl halides is 1. The van der Waals surface area contributed by atoms with Gasteiger partial charge in [0.25, 0.3) is 0 Å². The van der Waals surface area contributed by atoms with E-state index < -0.39 is 18.3 Å². The minimum Gasteiger partial charge on any atom is -0.490 e. The monoisotopic (exact) mass is 320 g/mol. The van der Waals surface area contributed by atoms with Crippen LogP contribution in [0.4, 0.5) is 13.2 Å². The van der Waals surface area contributed by atoms with Crippen LogP contribution in [0.3, 0.4) is 0 Å². The summed E-state index contributed by atoms with van der Waals surface area (Å²) in [6, 6.07) is 10.2. The zero-order valence-electron chi connectivity index (χ0n) is 12.8. The van der Waals surface area contributed by atoms with E-state index in [1.807, 2.05) is 18.2 Å². The van der Waals surface area contributed by atoms with Crippen LogP contribution in [-0.2, 0) is 6.42 Å². The largest absolute Gasteiger partial charge is 0.490 e. The summed E-state index contributed by atoms with van der Waals surface area (Å²) in [5, 5.41) is 0. The molecule has 23 heavy (non-hydrogen) atoms. The minimum absolute atomic E-state index is 0.0181. The maximum atomic E-state index is 14.2. The van der Waals surface area contributed by atoms with Gasteiger partial charge in [0.2, 0.25) is 5.82 Å². The van der Waals surface area contributed by atoms with E-state index in [0.29, 0.717) is 5.56 Å². The van der Waals surface area contributed by atoms with E-state index in [2.05, 4.69) is 6.58 Å². The number of hydrogen-bond donors (Lipinski definition) is 0. The van der Waals surface area contributed by atoms with Gasteiger partial charge in [-0.25, -0.2) is 4.39 Å². The van der Waals surface area contributed by atoms with Gasteiger partial charge in [-0.05, 0) is 36.1 Å². The zero-order chi connectivity index (χ0) is 16.7. The van der Waals surface area contributed by atoms with E-state index in [-0.39, 0.29) is 24.3 Å². The fourth-order valence-electron chi connectivity index (χ4n) is 2.22. The van der Waals surface area contributed by atoms with E-state index in [1.54, 1.807) is 12.1 Å². The molecule has 0 spiro atoms. The molecule has 2 aromatic carbocycles. The van der Waals surface area contributed by atoms with Crippen LogP contribution in [0.5, 0.6) is 5.75 Å². The molecule has 4 heteroatoms. The molecule has 0 aliphatic rings. The molecular weight excluding hydrogens is 301 g/mol. The molecule has 0 aromatic heterocycles. The van der Waals surface area contributed by atoms with Crippen LogP contribution in [0.25, 0.3) is 11.1 Å². The van der Waals surface area contributed by atoms with Crippen LogP contribution in [0.15, 0.2) is 49.1 Å². The van der Waals surface area contributed by atoms with Gasteiger partial charge in [-0.3, -0.25) is 4.39 Å². The Bertz CT molecular complexity index is 650. The lowest BCUT2D eigenvalue weighted by Gasteiger charge is -2.10. The Hall–Kier alpha value is -2.23. The second-order valence-corrected chi connectivity index (χ2v) is 5.15. The van der Waals surface area contributed by atoms with Crippen LogP contribution in [0, 0.1) is 11.6 Å². The molecule has 0 saturated heterocycles. The number of ether oxygens (including phenoxy) is 1. The van der Waals surface area contributed by atoms with Crippen molar-refractivity contribution in [1.82, 2.24) is 0 Å². The normalized spacial score (nSPS) is 10.6. The maximum absolute atomic E-state index is 14.2. The lowest BCUT2D eigenvalue weighted by molar-refractivity contribution is 0.273. The number of aryl methyl sites for hydroxylation is 1. The van der Waals surface area contributed by atoms with Crippen molar-refractivity contribution in [3.8, 4) is 16.9 Å². The number of allylic oxidation sites excluding steroid dienone is 1. The molecule has 0 saturated carbocycles. The Morgan fingerprint density at radius 2 is 1.74 bits per heavy atom. The van der Waals surface area contributed by atoms with Crippen molar-refractivity contribution in [3.63, 3.8) is 0 Å². The highest BCUT2D eigenvalue weighted by Crippen LogP contribution is 2.30. The van der Waals surface area contributed by atoms with Crippen LogP contribution < -0.4 is 4.74 Å². The molecule has 0 aliphatic heterocycles. The summed E-state index contributed by atoms with van der Waals surface area (Å²) in [6.45, 7) is 3.14. The molecule has 0 amide bonds. The van der Waals surface area contributed by atoms with E-state index in [0.717, 1.165) is 18.4 Å². The minimum atomic E-state index is -1.04. The Labute approximate surface area is 134 Å². The third-order valence-electron chi connectivity index (χ3n) is 3.48. The van der Waals surface area contributed by atoms with Gasteiger partial charge < -0.3 is 4.74 Å². The highest BCUT2D eigenvalue weighted by Gasteiger charge is 2.15. The van der Waals surface area contributed by atoms with Crippen molar-refractivity contribution in [1.29, 1.82) is 0 Å². The van der Waals surface area contributed by atoms with Gasteiger partial charge in [-0.1, -0.05) is 30.3 Å². The van der Waals surface area contributed by atoms with Crippen molar-refractivity contribution in [2.45, 2.75) is 19.3 Å². The summed E-state index contributed by atoms with van der Waals surface area (Å²) in [5.41, 5.74) is 1.88. The number of benzene rings is 2. The Morgan fingerprint density at radius 3 is 2.39 bits per heavy atom. The van der Waals surface area contributed by atoms with Crippen molar-refractivity contribution < 1.29 is 17.9 Å². The molecule has 0 aliphatic carbocycles. The predicted octanol–water partition coefficient (Wildman–Crippen LogP) is 5.49. The SMILES string of the molecule is C=CCCc1ccc(-c2ccc(OCCCF)c(F)c2F)cc1. The fraction of sp³-hybridized carbons (Fsp3) is 0.263. The Kier molecular flexibility index (Phi) is 6.27. The second-order valence-electron chi connectivity index (χ2n) is 5.15. The molecule has 122 valence electrons. The van der Waals surface area contributed by atoms with Crippen molar-refractivity contribution in [2.24, 2.45) is 0 Å². The van der Waals surface area contributed by atoms with Crippen molar-refractivity contribution in [2.75, 3.05) is 13.3 Å². The number of hydrogen-bond acceptors (Lipinski definition) is 1. The van der Waals surface area contributed by atoms with Crippen molar-refractivity contribution >= 4 is 0 Å². The lowest BCUT2D eigenvalue weighted by Crippen LogP contribution is -2.02. The summed E-state index contributed by atoms with van der Waals surface area (Å²) in [4.78, 5) is 0. The number of rotatable bonds is 8. The first-order chi connectivity index (χ1) is 11.2. The van der Waals surface area contributed by atoms with Gasteiger partial charge >= 0.3 is 0 Å². The Morgan fingerprint density at radius 1 is 1.00 bits per heavy atom. The number of halogens is 3. The fourth-order valence-corrected chi connectivity index (χ4v) is 2.22. The molecule has 2 rings (SSSR count). The molecule has 0 N–H and O–H groups in total. The molecule has 0 heterocycles. The first-order valence-corrected chi connectivity index (χ1v) is 7.54. The standard InChI is InChI=1S/C19H19F3O/c1-2-3-5-14-6-8-15(9-7-14)16-10-11-17(19(22)18(16)21)23-13-4-12-20/h2,6-11H,1,3-5,12-13H2. The van der Waals surface area contributed by atoms with E-state index in [9.17, 15) is 13.2 Å². The zero-order valence-corrected chi connectivity index (χ0v) is 12.8. The molecule has 0 radical (unpaired) electrons. The molecule has 2 aromatic rings. The van der Waals surface area contributed by atoms with E-state index in [4.69, 9.17) is 4.74 Å². The molecule has 0 atom stereocenters. The van der Waals surface area contributed by atoms with Crippen molar-refractivity contribution in [3.05, 3.63) is 66.3 Å². The quantitative estimate of drug-likeness (QED) is 0.462. The van der Waals surface area contributed by atoms with Crippen LogP contribution in [0.1, 0.15) is 18.4 Å². The first kappa shape index (κ1) is 17.1. The highest BCUT2D eigenvalue weighted by molar-refractivity contribution is 5.65. The summed E-state index contributed by atoms with van der Waals surface area (Å²) in [6.07, 6.45) is 3.72. The Balaban J connectivity index is 2.19. The van der Waals surface area contributed by atoms with Gasteiger partial charge in [0.05, 0.1) is 13.3 Å². The van der Waals surface area contributed by atoms with Gasteiger partial charge in [0, 0.05) is 12.0 Å². The summed E-state index contributed by atoms with van der Waals surface area (Å²) in [7, 11) is 0. The van der Waals surface area contributed by atoms with Gasteiger partial charge in [-0.2, -0.15) is 4.39 Å². The average Bonchev–Trinajstić information content (AvgIpc) is 2.58. The summed E-state index contributed by atoms with van der Waals surface area (Å²) in [5.74, 6) is -2.19. The smallest absolute Gasteiger partial charge is 0.201 e. The lowest BCUT2D eigenvalue weighted by atomic mass is 10.0. The molecular formula is C19H19F3O. The van der Waals surface area contributed by atoms with Gasteiger partial charge in [0.1, 0.15) is 0 Å². The third kappa shape index (κ3) is 4.38. The second kappa shape index (κ2) is 8.42. The average molecular weight is 320 g/mol. The summed E-state index contributed by atoms with van der Waals surface area (Å²) >= 11 is 0. The van der Waals surface area contributed by atoms with Crippen LogP contribution >= 0.6 is 0 Å². The predicted molar refractivity (Wildman–Crippen MR) is 86.4 cm³/mol. The van der Waals surface area contributed by atoms with Crippen LogP contribution in [0.2, 0.25) is 0 Å². The van der Waals surface area contributed by atoms with Gasteiger partial charge in [0.15, 0.2) is 11.6 Å². The molecule has 0 fully saturated rings. The van der Waals surface area contributed by atoms with Crippen LogP contribution in [-0.4, -0.2) is 13.3 Å². The van der Waals surface area contributed by atoms with E-state index in [1.165, 1.54) is 12.1 Å². The first-order valence-electron chi connectivity index (χ1n) is 7.54.